The molecule has 0 fully saturated rings. The fourth-order valence-corrected chi connectivity index (χ4v) is 1.93. The van der Waals surface area contributed by atoms with Gasteiger partial charge in [-0.3, -0.25) is 0 Å². The minimum absolute atomic E-state index is 0.0791. The first kappa shape index (κ1) is 13.1. The highest BCUT2D eigenvalue weighted by atomic mass is 15.2. The zero-order valence-electron chi connectivity index (χ0n) is 11.0. The smallest absolute Gasteiger partial charge is 0.137 e. The minimum Gasteiger partial charge on any atom is -0.329 e. The summed E-state index contributed by atoms with van der Waals surface area (Å²) < 4.78 is 0. The van der Waals surface area contributed by atoms with Gasteiger partial charge in [-0.2, -0.15) is 5.26 Å². The third kappa shape index (κ3) is 2.72. The first-order chi connectivity index (χ1) is 9.13. The Kier molecular flexibility index (Phi) is 3.79. The van der Waals surface area contributed by atoms with E-state index >= 15 is 0 Å². The van der Waals surface area contributed by atoms with E-state index in [2.05, 4.69) is 11.1 Å². The number of nitrogens with zero attached hydrogens (tertiary/aromatic N) is 3. The van der Waals surface area contributed by atoms with E-state index in [1.54, 1.807) is 18.3 Å². The Hall–Kier alpha value is -2.38. The van der Waals surface area contributed by atoms with Gasteiger partial charge in [0.2, 0.25) is 0 Å². The monoisotopic (exact) mass is 252 g/mol. The predicted octanol–water partition coefficient (Wildman–Crippen LogP) is 2.74. The molecule has 0 aliphatic carbocycles. The van der Waals surface area contributed by atoms with Crippen molar-refractivity contribution >= 4 is 11.5 Å². The van der Waals surface area contributed by atoms with Gasteiger partial charge in [0.15, 0.2) is 0 Å². The van der Waals surface area contributed by atoms with E-state index in [0.717, 1.165) is 17.1 Å². The van der Waals surface area contributed by atoms with Crippen LogP contribution >= 0.6 is 0 Å². The van der Waals surface area contributed by atoms with Crippen molar-refractivity contribution in [3.05, 3.63) is 53.7 Å². The highest BCUT2D eigenvalue weighted by Crippen LogP contribution is 2.27. The first-order valence-corrected chi connectivity index (χ1v) is 6.08. The predicted molar refractivity (Wildman–Crippen MR) is 76.1 cm³/mol. The molecule has 0 spiro atoms. The molecule has 0 aliphatic heterocycles. The maximum Gasteiger partial charge on any atom is 0.137 e. The van der Waals surface area contributed by atoms with Crippen molar-refractivity contribution in [1.82, 2.24) is 4.98 Å². The number of benzene rings is 1. The molecule has 0 unspecified atom stereocenters. The average molecular weight is 252 g/mol. The molecule has 0 amide bonds. The number of anilines is 2. The number of rotatable bonds is 3. The topological polar surface area (TPSA) is 65.9 Å². The summed E-state index contributed by atoms with van der Waals surface area (Å²) in [7, 11) is 1.94. The molecule has 2 aromatic rings. The molecule has 1 atom stereocenters. The number of pyridine rings is 1. The molecule has 0 saturated carbocycles. The quantitative estimate of drug-likeness (QED) is 0.912. The number of aromatic nitrogens is 1. The maximum atomic E-state index is 8.81. The third-order valence-electron chi connectivity index (χ3n) is 3.01. The summed E-state index contributed by atoms with van der Waals surface area (Å²) in [6.07, 6.45) is 1.75. The van der Waals surface area contributed by atoms with Crippen LogP contribution in [-0.2, 0) is 0 Å². The van der Waals surface area contributed by atoms with E-state index in [4.69, 9.17) is 11.0 Å². The largest absolute Gasteiger partial charge is 0.329 e. The maximum absolute atomic E-state index is 8.81. The fraction of sp³-hybridized carbons (Fsp3) is 0.200. The summed E-state index contributed by atoms with van der Waals surface area (Å²) in [6.45, 7) is 1.94. The van der Waals surface area contributed by atoms with Gasteiger partial charge >= 0.3 is 0 Å². The van der Waals surface area contributed by atoms with Gasteiger partial charge in [0, 0.05) is 30.5 Å². The Labute approximate surface area is 113 Å². The van der Waals surface area contributed by atoms with Gasteiger partial charge in [0.05, 0.1) is 11.6 Å². The molecule has 1 heterocycles. The Balaban J connectivity index is 2.38. The molecule has 0 bridgehead atoms. The van der Waals surface area contributed by atoms with Crippen molar-refractivity contribution in [3.63, 3.8) is 0 Å². The van der Waals surface area contributed by atoms with Crippen molar-refractivity contribution in [2.75, 3.05) is 11.9 Å². The molecular formula is C15H16N4. The van der Waals surface area contributed by atoms with Crippen molar-refractivity contribution in [2.45, 2.75) is 13.0 Å². The lowest BCUT2D eigenvalue weighted by Gasteiger charge is -2.22. The molecule has 4 heteroatoms. The second-order valence-corrected chi connectivity index (χ2v) is 4.42. The van der Waals surface area contributed by atoms with E-state index in [9.17, 15) is 0 Å². The van der Waals surface area contributed by atoms with Crippen molar-refractivity contribution in [2.24, 2.45) is 5.73 Å². The highest BCUT2D eigenvalue weighted by Gasteiger charge is 2.12. The zero-order valence-corrected chi connectivity index (χ0v) is 11.0. The lowest BCUT2D eigenvalue weighted by atomic mass is 10.1. The third-order valence-corrected chi connectivity index (χ3v) is 3.01. The summed E-state index contributed by atoms with van der Waals surface area (Å²) in [6, 6.07) is 13.3. The van der Waals surface area contributed by atoms with Gasteiger partial charge in [-0.1, -0.05) is 6.07 Å². The molecule has 1 aromatic carbocycles. The normalized spacial score (nSPS) is 11.7. The molecular weight excluding hydrogens is 236 g/mol. The van der Waals surface area contributed by atoms with Gasteiger partial charge in [-0.05, 0) is 37.3 Å². The number of hydrogen-bond acceptors (Lipinski definition) is 4. The van der Waals surface area contributed by atoms with E-state index in [0.29, 0.717) is 5.56 Å². The van der Waals surface area contributed by atoms with Crippen LogP contribution in [0.4, 0.5) is 11.5 Å². The van der Waals surface area contributed by atoms with Crippen LogP contribution in [0.15, 0.2) is 42.6 Å². The lowest BCUT2D eigenvalue weighted by Crippen LogP contribution is -2.17. The minimum atomic E-state index is -0.0791. The summed E-state index contributed by atoms with van der Waals surface area (Å²) in [5.74, 6) is 0.835. The second kappa shape index (κ2) is 5.51. The van der Waals surface area contributed by atoms with Crippen LogP contribution in [0.3, 0.4) is 0 Å². The van der Waals surface area contributed by atoms with Gasteiger partial charge in [0.1, 0.15) is 5.82 Å². The highest BCUT2D eigenvalue weighted by molar-refractivity contribution is 5.63. The number of nitrogens with two attached hydrogens (primary N) is 1. The Bertz CT molecular complexity index is 596. The molecule has 0 aliphatic rings. The summed E-state index contributed by atoms with van der Waals surface area (Å²) in [5.41, 5.74) is 8.58. The molecule has 0 saturated heterocycles. The second-order valence-electron chi connectivity index (χ2n) is 4.42. The van der Waals surface area contributed by atoms with Crippen LogP contribution in [0.2, 0.25) is 0 Å². The number of hydrogen-bond donors (Lipinski definition) is 1. The van der Waals surface area contributed by atoms with Crippen LogP contribution < -0.4 is 10.6 Å². The summed E-state index contributed by atoms with van der Waals surface area (Å²) >= 11 is 0. The van der Waals surface area contributed by atoms with Gasteiger partial charge in [0.25, 0.3) is 0 Å². The van der Waals surface area contributed by atoms with E-state index in [1.807, 2.05) is 43.1 Å². The van der Waals surface area contributed by atoms with Crippen LogP contribution in [0, 0.1) is 11.3 Å². The lowest BCUT2D eigenvalue weighted by molar-refractivity contribution is 0.808. The van der Waals surface area contributed by atoms with Crippen LogP contribution in [0.1, 0.15) is 24.1 Å². The zero-order chi connectivity index (χ0) is 13.8. The average Bonchev–Trinajstić information content (AvgIpc) is 2.46. The molecule has 19 heavy (non-hydrogen) atoms. The molecule has 2 N–H and O–H groups in total. The molecule has 2 rings (SSSR count). The van der Waals surface area contributed by atoms with E-state index in [-0.39, 0.29) is 6.04 Å². The summed E-state index contributed by atoms with van der Waals surface area (Å²) in [4.78, 5) is 6.37. The molecule has 0 radical (unpaired) electrons. The standard InChI is InChI=1S/C15H16N4/c1-11(17)14-4-3-9-18-15(14)19(2)13-7-5-12(10-16)6-8-13/h3-9,11H,17H2,1-2H3/t11-/m0/s1. The van der Waals surface area contributed by atoms with Crippen molar-refractivity contribution < 1.29 is 0 Å². The van der Waals surface area contributed by atoms with Crippen LogP contribution in [0.5, 0.6) is 0 Å². The van der Waals surface area contributed by atoms with Crippen molar-refractivity contribution in [3.8, 4) is 6.07 Å². The SMILES string of the molecule is C[C@H](N)c1cccnc1N(C)c1ccc(C#N)cc1. The number of nitriles is 1. The van der Waals surface area contributed by atoms with Crippen LogP contribution in [0.25, 0.3) is 0 Å². The van der Waals surface area contributed by atoms with Gasteiger partial charge < -0.3 is 10.6 Å². The van der Waals surface area contributed by atoms with Crippen molar-refractivity contribution in [1.29, 1.82) is 5.26 Å². The van der Waals surface area contributed by atoms with E-state index in [1.165, 1.54) is 0 Å². The molecule has 96 valence electrons. The van der Waals surface area contributed by atoms with E-state index < -0.39 is 0 Å². The first-order valence-electron chi connectivity index (χ1n) is 6.08. The summed E-state index contributed by atoms with van der Waals surface area (Å²) in [5, 5.41) is 8.81. The van der Waals surface area contributed by atoms with Crippen LogP contribution in [-0.4, -0.2) is 12.0 Å². The molecule has 4 nitrogen and oxygen atoms in total. The van der Waals surface area contributed by atoms with Gasteiger partial charge in [-0.25, -0.2) is 4.98 Å². The Morgan fingerprint density at radius 3 is 2.53 bits per heavy atom. The fourth-order valence-electron chi connectivity index (χ4n) is 1.93. The van der Waals surface area contributed by atoms with Gasteiger partial charge in [-0.15, -0.1) is 0 Å². The molecule has 1 aromatic heterocycles. The Morgan fingerprint density at radius 2 is 1.95 bits per heavy atom. The Morgan fingerprint density at radius 1 is 1.26 bits per heavy atom.